The van der Waals surface area contributed by atoms with Crippen molar-refractivity contribution in [1.29, 1.82) is 0 Å². The van der Waals surface area contributed by atoms with E-state index < -0.39 is 5.91 Å². The monoisotopic (exact) mass is 211 g/mol. The SMILES string of the molecule is NC(=O)CC=Cc1cc(N)cnc1Cl. The summed E-state index contributed by atoms with van der Waals surface area (Å²) in [5, 5.41) is 0.347. The molecule has 14 heavy (non-hydrogen) atoms. The third kappa shape index (κ3) is 3.06. The topological polar surface area (TPSA) is 82.0 Å². The molecular formula is C9H10ClN3O. The number of primary amides is 1. The van der Waals surface area contributed by atoms with Crippen LogP contribution in [0.1, 0.15) is 12.0 Å². The molecule has 74 valence electrons. The van der Waals surface area contributed by atoms with Gasteiger partial charge in [-0.15, -0.1) is 0 Å². The van der Waals surface area contributed by atoms with Crippen LogP contribution >= 0.6 is 11.6 Å². The largest absolute Gasteiger partial charge is 0.397 e. The summed E-state index contributed by atoms with van der Waals surface area (Å²) in [5.41, 5.74) is 11.7. The number of carbonyl (C=O) groups excluding carboxylic acids is 1. The number of nitrogen functional groups attached to an aromatic ring is 1. The number of aromatic nitrogens is 1. The summed E-state index contributed by atoms with van der Waals surface area (Å²) in [6.07, 6.45) is 4.92. The molecule has 0 bridgehead atoms. The van der Waals surface area contributed by atoms with Gasteiger partial charge >= 0.3 is 0 Å². The highest BCUT2D eigenvalue weighted by molar-refractivity contribution is 6.30. The molecule has 0 atom stereocenters. The number of hydrogen-bond acceptors (Lipinski definition) is 3. The standard InChI is InChI=1S/C9H10ClN3O/c10-9-6(2-1-3-8(12)14)4-7(11)5-13-9/h1-2,4-5H,3,11H2,(H2,12,14). The summed E-state index contributed by atoms with van der Waals surface area (Å²) >= 11 is 5.78. The van der Waals surface area contributed by atoms with E-state index in [1.54, 1.807) is 18.2 Å². The first-order valence-corrected chi connectivity index (χ1v) is 4.33. The Morgan fingerprint density at radius 3 is 3.00 bits per heavy atom. The van der Waals surface area contributed by atoms with Gasteiger partial charge in [-0.05, 0) is 6.07 Å². The molecule has 0 saturated carbocycles. The van der Waals surface area contributed by atoms with Crippen molar-refractivity contribution in [2.75, 3.05) is 5.73 Å². The summed E-state index contributed by atoms with van der Waals surface area (Å²) in [6, 6.07) is 1.67. The smallest absolute Gasteiger partial charge is 0.221 e. The van der Waals surface area contributed by atoms with E-state index in [1.165, 1.54) is 6.20 Å². The average molecular weight is 212 g/mol. The van der Waals surface area contributed by atoms with Crippen molar-refractivity contribution in [2.24, 2.45) is 5.73 Å². The lowest BCUT2D eigenvalue weighted by Gasteiger charge is -1.98. The van der Waals surface area contributed by atoms with Crippen LogP contribution < -0.4 is 11.5 Å². The summed E-state index contributed by atoms with van der Waals surface area (Å²) in [6.45, 7) is 0. The number of hydrogen-bond donors (Lipinski definition) is 2. The molecule has 4 nitrogen and oxygen atoms in total. The maximum Gasteiger partial charge on any atom is 0.221 e. The molecule has 0 unspecified atom stereocenters. The molecule has 0 aliphatic heterocycles. The van der Waals surface area contributed by atoms with Crippen LogP contribution in [0.5, 0.6) is 0 Å². The van der Waals surface area contributed by atoms with E-state index in [9.17, 15) is 4.79 Å². The second-order valence-corrected chi connectivity index (χ2v) is 3.08. The second-order valence-electron chi connectivity index (χ2n) is 2.72. The summed E-state index contributed by atoms with van der Waals surface area (Å²) in [4.78, 5) is 14.3. The molecule has 1 amide bonds. The van der Waals surface area contributed by atoms with E-state index in [-0.39, 0.29) is 6.42 Å². The van der Waals surface area contributed by atoms with Gasteiger partial charge in [-0.2, -0.15) is 0 Å². The second kappa shape index (κ2) is 4.62. The molecule has 0 saturated heterocycles. The van der Waals surface area contributed by atoms with Crippen LogP contribution in [-0.2, 0) is 4.79 Å². The van der Waals surface area contributed by atoms with E-state index in [0.29, 0.717) is 16.4 Å². The Kier molecular flexibility index (Phi) is 3.48. The van der Waals surface area contributed by atoms with Crippen LogP contribution in [0, 0.1) is 0 Å². The van der Waals surface area contributed by atoms with Crippen molar-refractivity contribution < 1.29 is 4.79 Å². The van der Waals surface area contributed by atoms with Gasteiger partial charge in [-0.1, -0.05) is 23.8 Å². The number of pyridine rings is 1. The van der Waals surface area contributed by atoms with E-state index in [1.807, 2.05) is 0 Å². The third-order valence-electron chi connectivity index (χ3n) is 1.50. The van der Waals surface area contributed by atoms with Crippen molar-refractivity contribution in [3.8, 4) is 0 Å². The van der Waals surface area contributed by atoms with Crippen LogP contribution in [0.15, 0.2) is 18.3 Å². The first kappa shape index (κ1) is 10.5. The van der Waals surface area contributed by atoms with Crippen molar-refractivity contribution in [2.45, 2.75) is 6.42 Å². The Labute approximate surface area is 86.6 Å². The van der Waals surface area contributed by atoms with Gasteiger partial charge in [0.15, 0.2) is 0 Å². The fraction of sp³-hybridized carbons (Fsp3) is 0.111. The maximum atomic E-state index is 10.4. The highest BCUT2D eigenvalue weighted by atomic mass is 35.5. The Bertz CT molecular complexity index is 376. The number of nitrogens with zero attached hydrogens (tertiary/aromatic N) is 1. The third-order valence-corrected chi connectivity index (χ3v) is 1.82. The molecule has 4 N–H and O–H groups in total. The highest BCUT2D eigenvalue weighted by Gasteiger charge is 1.98. The average Bonchev–Trinajstić information content (AvgIpc) is 2.10. The fourth-order valence-corrected chi connectivity index (χ4v) is 1.07. The minimum Gasteiger partial charge on any atom is -0.397 e. The number of anilines is 1. The van der Waals surface area contributed by atoms with Crippen molar-refractivity contribution >= 4 is 29.3 Å². The number of carbonyl (C=O) groups is 1. The Hall–Kier alpha value is -1.55. The molecule has 0 radical (unpaired) electrons. The van der Waals surface area contributed by atoms with Crippen LogP contribution in [0.3, 0.4) is 0 Å². The van der Waals surface area contributed by atoms with Gasteiger partial charge in [0.1, 0.15) is 5.15 Å². The normalized spacial score (nSPS) is 10.6. The molecule has 0 spiro atoms. The van der Waals surface area contributed by atoms with Gasteiger partial charge in [-0.25, -0.2) is 4.98 Å². The first-order chi connectivity index (χ1) is 6.59. The fourth-order valence-electron chi connectivity index (χ4n) is 0.901. The lowest BCUT2D eigenvalue weighted by atomic mass is 10.2. The van der Waals surface area contributed by atoms with Gasteiger partial charge in [0.25, 0.3) is 0 Å². The van der Waals surface area contributed by atoms with E-state index in [2.05, 4.69) is 4.98 Å². The molecule has 0 aromatic carbocycles. The van der Waals surface area contributed by atoms with Crippen molar-refractivity contribution in [1.82, 2.24) is 4.98 Å². The highest BCUT2D eigenvalue weighted by Crippen LogP contribution is 2.16. The number of amides is 1. The molecule has 0 aliphatic rings. The molecule has 1 aromatic rings. The number of nitrogens with two attached hydrogens (primary N) is 2. The molecule has 1 rings (SSSR count). The molecular weight excluding hydrogens is 202 g/mol. The number of halogens is 1. The van der Waals surface area contributed by atoms with Gasteiger partial charge < -0.3 is 11.5 Å². The van der Waals surface area contributed by atoms with Gasteiger partial charge in [0, 0.05) is 12.0 Å². The zero-order chi connectivity index (χ0) is 10.6. The van der Waals surface area contributed by atoms with Crippen molar-refractivity contribution in [3.05, 3.63) is 29.1 Å². The van der Waals surface area contributed by atoms with E-state index >= 15 is 0 Å². The van der Waals surface area contributed by atoms with Crippen molar-refractivity contribution in [3.63, 3.8) is 0 Å². The minimum absolute atomic E-state index is 0.172. The maximum absolute atomic E-state index is 10.4. The Morgan fingerprint density at radius 2 is 2.36 bits per heavy atom. The number of rotatable bonds is 3. The zero-order valence-electron chi connectivity index (χ0n) is 7.40. The molecule has 0 aliphatic carbocycles. The summed E-state index contributed by atoms with van der Waals surface area (Å²) < 4.78 is 0. The van der Waals surface area contributed by atoms with E-state index in [4.69, 9.17) is 23.1 Å². The quantitative estimate of drug-likeness (QED) is 0.738. The molecule has 5 heteroatoms. The summed E-state index contributed by atoms with van der Waals surface area (Å²) in [5.74, 6) is -0.394. The van der Waals surface area contributed by atoms with Crippen LogP contribution in [0.2, 0.25) is 5.15 Å². The zero-order valence-corrected chi connectivity index (χ0v) is 8.16. The van der Waals surface area contributed by atoms with Crippen LogP contribution in [0.25, 0.3) is 6.08 Å². The molecule has 1 aromatic heterocycles. The predicted molar refractivity (Wildman–Crippen MR) is 56.5 cm³/mol. The molecule has 0 fully saturated rings. The van der Waals surface area contributed by atoms with Crippen LogP contribution in [0.4, 0.5) is 5.69 Å². The Morgan fingerprint density at radius 1 is 1.64 bits per heavy atom. The minimum atomic E-state index is -0.394. The van der Waals surface area contributed by atoms with Gasteiger partial charge in [-0.3, -0.25) is 4.79 Å². The molecule has 1 heterocycles. The van der Waals surface area contributed by atoms with Gasteiger partial charge in [0.05, 0.1) is 11.9 Å². The summed E-state index contributed by atoms with van der Waals surface area (Å²) in [7, 11) is 0. The van der Waals surface area contributed by atoms with Crippen LogP contribution in [-0.4, -0.2) is 10.9 Å². The Balaban J connectivity index is 2.80. The lowest BCUT2D eigenvalue weighted by Crippen LogP contribution is -2.07. The van der Waals surface area contributed by atoms with Gasteiger partial charge in [0.2, 0.25) is 5.91 Å². The lowest BCUT2D eigenvalue weighted by molar-refractivity contribution is -0.117. The van der Waals surface area contributed by atoms with E-state index in [0.717, 1.165) is 0 Å². The first-order valence-electron chi connectivity index (χ1n) is 3.95. The predicted octanol–water partition coefficient (Wildman–Crippen LogP) is 1.21.